The van der Waals surface area contributed by atoms with Gasteiger partial charge in [0.25, 0.3) is 0 Å². The van der Waals surface area contributed by atoms with E-state index in [0.717, 1.165) is 16.9 Å². The lowest BCUT2D eigenvalue weighted by atomic mass is 10.0. The van der Waals surface area contributed by atoms with E-state index in [2.05, 4.69) is 5.32 Å². The Balaban J connectivity index is 1.93. The monoisotopic (exact) mass is 420 g/mol. The van der Waals surface area contributed by atoms with Crippen molar-refractivity contribution in [1.29, 1.82) is 0 Å². The van der Waals surface area contributed by atoms with Gasteiger partial charge < -0.3 is 19.4 Å². The molecule has 0 aliphatic heterocycles. The van der Waals surface area contributed by atoms with Crippen LogP contribution in [0, 0.1) is 5.92 Å². The SMILES string of the molecule is COc1ccc(CN(C(=O)C(C)C)[C@@H](C(=O)NCc2ccco2)c2ccccc2)cc1. The molecule has 3 aromatic rings. The van der Waals surface area contributed by atoms with Gasteiger partial charge in [0.05, 0.1) is 19.9 Å². The molecule has 0 saturated carbocycles. The van der Waals surface area contributed by atoms with Crippen LogP contribution < -0.4 is 10.1 Å². The molecule has 2 aromatic carbocycles. The number of carbonyl (C=O) groups excluding carboxylic acids is 2. The molecule has 2 amide bonds. The number of rotatable bonds is 9. The Morgan fingerprint density at radius 2 is 1.71 bits per heavy atom. The first-order valence-corrected chi connectivity index (χ1v) is 10.3. The first kappa shape index (κ1) is 22.2. The minimum atomic E-state index is -0.770. The predicted octanol–water partition coefficient (Wildman–Crippen LogP) is 4.33. The maximum absolute atomic E-state index is 13.3. The summed E-state index contributed by atoms with van der Waals surface area (Å²) in [7, 11) is 1.61. The maximum Gasteiger partial charge on any atom is 0.247 e. The normalized spacial score (nSPS) is 11.7. The zero-order valence-corrected chi connectivity index (χ0v) is 18.1. The zero-order chi connectivity index (χ0) is 22.2. The topological polar surface area (TPSA) is 71.8 Å². The standard InChI is InChI=1S/C25H28N2O4/c1-18(2)25(29)27(17-19-11-13-21(30-3)14-12-19)23(20-8-5-4-6-9-20)24(28)26-16-22-10-7-15-31-22/h4-15,18,23H,16-17H2,1-3H3,(H,26,28)/t23-/m1/s1. The van der Waals surface area contributed by atoms with Crippen LogP contribution in [0.1, 0.15) is 36.8 Å². The van der Waals surface area contributed by atoms with Gasteiger partial charge in [-0.1, -0.05) is 56.3 Å². The van der Waals surface area contributed by atoms with Crippen molar-refractivity contribution < 1.29 is 18.7 Å². The number of carbonyl (C=O) groups is 2. The number of nitrogens with one attached hydrogen (secondary N) is 1. The van der Waals surface area contributed by atoms with Crippen LogP contribution in [-0.2, 0) is 22.7 Å². The van der Waals surface area contributed by atoms with Gasteiger partial charge in [0.1, 0.15) is 17.6 Å². The van der Waals surface area contributed by atoms with E-state index >= 15 is 0 Å². The zero-order valence-electron chi connectivity index (χ0n) is 18.1. The van der Waals surface area contributed by atoms with Crippen molar-refractivity contribution >= 4 is 11.8 Å². The highest BCUT2D eigenvalue weighted by molar-refractivity contribution is 5.89. The van der Waals surface area contributed by atoms with Gasteiger partial charge in [-0.2, -0.15) is 0 Å². The van der Waals surface area contributed by atoms with Gasteiger partial charge in [-0.3, -0.25) is 9.59 Å². The summed E-state index contributed by atoms with van der Waals surface area (Å²) in [5, 5.41) is 2.92. The highest BCUT2D eigenvalue weighted by atomic mass is 16.5. The van der Waals surface area contributed by atoms with Crippen LogP contribution in [0.4, 0.5) is 0 Å². The molecule has 0 aliphatic rings. The molecule has 0 radical (unpaired) electrons. The van der Waals surface area contributed by atoms with Crippen molar-refractivity contribution in [2.45, 2.75) is 33.0 Å². The van der Waals surface area contributed by atoms with Crippen LogP contribution >= 0.6 is 0 Å². The molecule has 0 spiro atoms. The molecule has 1 aromatic heterocycles. The van der Waals surface area contributed by atoms with Gasteiger partial charge >= 0.3 is 0 Å². The van der Waals surface area contributed by atoms with Crippen molar-refractivity contribution in [3.05, 3.63) is 89.9 Å². The van der Waals surface area contributed by atoms with Crippen molar-refractivity contribution in [3.8, 4) is 5.75 Å². The van der Waals surface area contributed by atoms with Gasteiger partial charge in [0, 0.05) is 12.5 Å². The number of amides is 2. The fourth-order valence-corrected chi connectivity index (χ4v) is 3.35. The lowest BCUT2D eigenvalue weighted by Gasteiger charge is -2.33. The lowest BCUT2D eigenvalue weighted by molar-refractivity contribution is -0.144. The molecule has 31 heavy (non-hydrogen) atoms. The second kappa shape index (κ2) is 10.5. The number of furan rings is 1. The summed E-state index contributed by atoms with van der Waals surface area (Å²) in [4.78, 5) is 28.2. The van der Waals surface area contributed by atoms with Crippen LogP contribution in [0.25, 0.3) is 0 Å². The van der Waals surface area contributed by atoms with E-state index in [1.54, 1.807) is 30.4 Å². The Morgan fingerprint density at radius 3 is 2.29 bits per heavy atom. The van der Waals surface area contributed by atoms with E-state index in [1.165, 1.54) is 0 Å². The second-order valence-corrected chi connectivity index (χ2v) is 7.58. The summed E-state index contributed by atoms with van der Waals surface area (Å²) in [5.41, 5.74) is 1.66. The molecule has 1 N–H and O–H groups in total. The van der Waals surface area contributed by atoms with Crippen molar-refractivity contribution in [2.75, 3.05) is 7.11 Å². The number of ether oxygens (including phenoxy) is 1. The van der Waals surface area contributed by atoms with Crippen molar-refractivity contribution in [3.63, 3.8) is 0 Å². The van der Waals surface area contributed by atoms with Gasteiger partial charge in [-0.15, -0.1) is 0 Å². The smallest absolute Gasteiger partial charge is 0.247 e. The van der Waals surface area contributed by atoms with Crippen LogP contribution in [0.15, 0.2) is 77.4 Å². The van der Waals surface area contributed by atoms with E-state index < -0.39 is 6.04 Å². The van der Waals surface area contributed by atoms with E-state index in [1.807, 2.05) is 68.4 Å². The number of hydrogen-bond acceptors (Lipinski definition) is 4. The Labute approximate surface area is 182 Å². The minimum absolute atomic E-state index is 0.0992. The molecule has 0 saturated heterocycles. The first-order valence-electron chi connectivity index (χ1n) is 10.3. The average Bonchev–Trinajstić information content (AvgIpc) is 3.31. The Kier molecular flexibility index (Phi) is 7.49. The second-order valence-electron chi connectivity index (χ2n) is 7.58. The number of methoxy groups -OCH3 is 1. The summed E-state index contributed by atoms with van der Waals surface area (Å²) in [6.45, 7) is 4.23. The molecule has 1 atom stereocenters. The quantitative estimate of drug-likeness (QED) is 0.559. The number of benzene rings is 2. The van der Waals surface area contributed by atoms with Crippen LogP contribution in [0.2, 0.25) is 0 Å². The van der Waals surface area contributed by atoms with E-state index in [9.17, 15) is 9.59 Å². The van der Waals surface area contributed by atoms with Gasteiger partial charge in [0.15, 0.2) is 0 Å². The molecular weight excluding hydrogens is 392 g/mol. The van der Waals surface area contributed by atoms with Gasteiger partial charge in [0.2, 0.25) is 11.8 Å². The molecule has 0 unspecified atom stereocenters. The molecule has 0 bridgehead atoms. The summed E-state index contributed by atoms with van der Waals surface area (Å²) < 4.78 is 10.6. The Morgan fingerprint density at radius 1 is 1.00 bits per heavy atom. The van der Waals surface area contributed by atoms with Gasteiger partial charge in [-0.05, 0) is 35.4 Å². The summed E-state index contributed by atoms with van der Waals surface area (Å²) >= 11 is 0. The minimum Gasteiger partial charge on any atom is -0.497 e. The lowest BCUT2D eigenvalue weighted by Crippen LogP contribution is -2.44. The third kappa shape index (κ3) is 5.75. The molecule has 0 fully saturated rings. The molecule has 1 heterocycles. The fourth-order valence-electron chi connectivity index (χ4n) is 3.35. The summed E-state index contributed by atoms with van der Waals surface area (Å²) in [5.74, 6) is 0.767. The van der Waals surface area contributed by atoms with Crippen LogP contribution in [0.3, 0.4) is 0 Å². The highest BCUT2D eigenvalue weighted by Crippen LogP contribution is 2.26. The van der Waals surface area contributed by atoms with Crippen molar-refractivity contribution in [1.82, 2.24) is 10.2 Å². The summed E-state index contributed by atoms with van der Waals surface area (Å²) in [6, 6.07) is 19.7. The van der Waals surface area contributed by atoms with Crippen LogP contribution in [0.5, 0.6) is 5.75 Å². The molecular formula is C25H28N2O4. The van der Waals surface area contributed by atoms with E-state index in [0.29, 0.717) is 12.3 Å². The maximum atomic E-state index is 13.3. The number of nitrogens with zero attached hydrogens (tertiary/aromatic N) is 1. The first-order chi connectivity index (χ1) is 15.0. The third-order valence-electron chi connectivity index (χ3n) is 4.98. The van der Waals surface area contributed by atoms with Gasteiger partial charge in [-0.25, -0.2) is 0 Å². The predicted molar refractivity (Wildman–Crippen MR) is 118 cm³/mol. The molecule has 3 rings (SSSR count). The Hall–Kier alpha value is -3.54. The van der Waals surface area contributed by atoms with Crippen LogP contribution in [-0.4, -0.2) is 23.8 Å². The van der Waals surface area contributed by atoms with Crippen molar-refractivity contribution in [2.24, 2.45) is 5.92 Å². The molecule has 6 heteroatoms. The molecule has 6 nitrogen and oxygen atoms in total. The fraction of sp³-hybridized carbons (Fsp3) is 0.280. The molecule has 162 valence electrons. The number of hydrogen-bond donors (Lipinski definition) is 1. The molecule has 0 aliphatic carbocycles. The Bertz CT molecular complexity index is 967. The third-order valence-corrected chi connectivity index (χ3v) is 4.98. The summed E-state index contributed by atoms with van der Waals surface area (Å²) in [6.07, 6.45) is 1.56. The highest BCUT2D eigenvalue weighted by Gasteiger charge is 2.32. The van der Waals surface area contributed by atoms with E-state index in [4.69, 9.17) is 9.15 Å². The average molecular weight is 421 g/mol. The van der Waals surface area contributed by atoms with E-state index in [-0.39, 0.29) is 24.3 Å². The largest absolute Gasteiger partial charge is 0.497 e.